The monoisotopic (exact) mass is 608 g/mol. The van der Waals surface area contributed by atoms with Crippen LogP contribution < -0.4 is 0 Å². The molecule has 0 saturated carbocycles. The summed E-state index contributed by atoms with van der Waals surface area (Å²) >= 11 is 1.74. The van der Waals surface area contributed by atoms with Crippen molar-refractivity contribution < 1.29 is 0 Å². The lowest BCUT2D eigenvalue weighted by Crippen LogP contribution is -2.00. The van der Waals surface area contributed by atoms with Gasteiger partial charge in [0.15, 0.2) is 5.82 Å². The minimum Gasteiger partial charge on any atom is -0.254 e. The van der Waals surface area contributed by atoms with Crippen LogP contribution in [0.5, 0.6) is 0 Å². The summed E-state index contributed by atoms with van der Waals surface area (Å²) in [7, 11) is 0. The molecule has 0 radical (unpaired) electrons. The number of benzene rings is 4. The highest BCUT2D eigenvalue weighted by atomic mass is 32.1. The van der Waals surface area contributed by atoms with Gasteiger partial charge in [-0.1, -0.05) is 116 Å². The molecule has 0 atom stereocenters. The molecular weight excluding hydrogens is 581 g/mol. The van der Waals surface area contributed by atoms with Crippen molar-refractivity contribution in [3.05, 3.63) is 156 Å². The largest absolute Gasteiger partial charge is 0.254 e. The predicted molar refractivity (Wildman–Crippen MR) is 194 cm³/mol. The van der Waals surface area contributed by atoms with Crippen LogP contribution in [0.15, 0.2) is 140 Å². The fourth-order valence-electron chi connectivity index (χ4n) is 6.06. The van der Waals surface area contributed by atoms with Crippen molar-refractivity contribution in [1.29, 1.82) is 0 Å². The van der Waals surface area contributed by atoms with Crippen molar-refractivity contribution in [1.82, 2.24) is 19.9 Å². The van der Waals surface area contributed by atoms with E-state index < -0.39 is 0 Å². The van der Waals surface area contributed by atoms with E-state index in [4.69, 9.17) is 15.0 Å². The van der Waals surface area contributed by atoms with Crippen molar-refractivity contribution >= 4 is 54.9 Å². The summed E-state index contributed by atoms with van der Waals surface area (Å²) in [5, 5.41) is 3.32. The molecule has 0 bridgehead atoms. The number of allylic oxidation sites excluding steroid dienone is 1. The van der Waals surface area contributed by atoms with Crippen LogP contribution in [0.1, 0.15) is 23.1 Å². The van der Waals surface area contributed by atoms with E-state index in [-0.39, 0.29) is 0 Å². The van der Waals surface area contributed by atoms with Crippen molar-refractivity contribution in [3.8, 4) is 33.9 Å². The van der Waals surface area contributed by atoms with Gasteiger partial charge in [-0.3, -0.25) is 4.98 Å². The summed E-state index contributed by atoms with van der Waals surface area (Å²) in [5.74, 6) is 0.697. The third kappa shape index (κ3) is 4.87. The van der Waals surface area contributed by atoms with E-state index in [1.165, 1.54) is 4.70 Å². The number of rotatable bonds is 6. The van der Waals surface area contributed by atoms with E-state index in [9.17, 15) is 0 Å². The Morgan fingerprint density at radius 3 is 2.15 bits per heavy atom. The normalized spacial score (nSPS) is 11.8. The topological polar surface area (TPSA) is 51.6 Å². The van der Waals surface area contributed by atoms with Crippen LogP contribution in [-0.2, 0) is 0 Å². The van der Waals surface area contributed by atoms with Crippen LogP contribution in [0.4, 0.5) is 0 Å². The maximum absolute atomic E-state index is 5.13. The van der Waals surface area contributed by atoms with Gasteiger partial charge in [-0.15, -0.1) is 11.3 Å². The zero-order valence-corrected chi connectivity index (χ0v) is 26.0. The van der Waals surface area contributed by atoms with Crippen molar-refractivity contribution in [3.63, 3.8) is 0 Å². The molecule has 218 valence electrons. The standard InChI is InChI=1S/C41H28N4S/c1-3-31(35-25-34(26-12-7-5-8-13-26)44-41(45-35)29-14-9-6-10-15-29)38-32-21-19-30(24-37(32)46-36(38)4-2)33-22-20-28-18-17-27-16-11-23-42-39(27)40(28)43-33/h3-25H,2H2,1H3/b31-3-. The molecule has 0 saturated heterocycles. The smallest absolute Gasteiger partial charge is 0.160 e. The summed E-state index contributed by atoms with van der Waals surface area (Å²) in [4.78, 5) is 21.0. The molecule has 4 aromatic heterocycles. The van der Waals surface area contributed by atoms with Gasteiger partial charge in [0.05, 0.1) is 28.1 Å². The van der Waals surface area contributed by atoms with Gasteiger partial charge in [0, 0.05) is 59.8 Å². The van der Waals surface area contributed by atoms with E-state index in [2.05, 4.69) is 103 Å². The van der Waals surface area contributed by atoms with Gasteiger partial charge >= 0.3 is 0 Å². The molecule has 0 spiro atoms. The Labute approximate surface area is 271 Å². The predicted octanol–water partition coefficient (Wildman–Crippen LogP) is 10.9. The first-order valence-electron chi connectivity index (χ1n) is 15.2. The second kappa shape index (κ2) is 11.6. The Morgan fingerprint density at radius 2 is 1.39 bits per heavy atom. The lowest BCUT2D eigenvalue weighted by molar-refractivity contribution is 1.15. The molecule has 8 aromatic rings. The van der Waals surface area contributed by atoms with Gasteiger partial charge in [-0.25, -0.2) is 15.0 Å². The van der Waals surface area contributed by atoms with Gasteiger partial charge in [-0.2, -0.15) is 0 Å². The van der Waals surface area contributed by atoms with E-state index in [0.29, 0.717) is 5.82 Å². The molecule has 46 heavy (non-hydrogen) atoms. The van der Waals surface area contributed by atoms with E-state index in [1.54, 1.807) is 11.3 Å². The fourth-order valence-corrected chi connectivity index (χ4v) is 7.17. The first-order valence-corrected chi connectivity index (χ1v) is 16.0. The van der Waals surface area contributed by atoms with Crippen molar-refractivity contribution in [2.24, 2.45) is 0 Å². The molecule has 0 aliphatic carbocycles. The van der Waals surface area contributed by atoms with Crippen molar-refractivity contribution in [2.75, 3.05) is 0 Å². The highest BCUT2D eigenvalue weighted by molar-refractivity contribution is 7.20. The van der Waals surface area contributed by atoms with Gasteiger partial charge in [0.1, 0.15) is 0 Å². The number of pyridine rings is 2. The van der Waals surface area contributed by atoms with E-state index in [1.807, 2.05) is 54.7 Å². The Balaban J connectivity index is 1.27. The van der Waals surface area contributed by atoms with E-state index in [0.717, 1.165) is 77.0 Å². The summed E-state index contributed by atoms with van der Waals surface area (Å²) in [6.07, 6.45) is 5.93. The van der Waals surface area contributed by atoms with Crippen LogP contribution in [0.3, 0.4) is 0 Å². The summed E-state index contributed by atoms with van der Waals surface area (Å²) in [6.45, 7) is 6.28. The lowest BCUT2D eigenvalue weighted by atomic mass is 9.96. The number of hydrogen-bond acceptors (Lipinski definition) is 5. The summed E-state index contributed by atoms with van der Waals surface area (Å²) in [5.41, 5.74) is 9.78. The molecule has 0 aliphatic heterocycles. The minimum absolute atomic E-state index is 0.697. The zero-order valence-electron chi connectivity index (χ0n) is 25.2. The van der Waals surface area contributed by atoms with Crippen LogP contribution in [-0.4, -0.2) is 19.9 Å². The van der Waals surface area contributed by atoms with Gasteiger partial charge < -0.3 is 0 Å². The molecule has 4 nitrogen and oxygen atoms in total. The minimum atomic E-state index is 0.697. The number of nitrogens with zero attached hydrogens (tertiary/aromatic N) is 4. The maximum Gasteiger partial charge on any atom is 0.160 e. The molecule has 0 N–H and O–H groups in total. The molecule has 8 rings (SSSR count). The van der Waals surface area contributed by atoms with Gasteiger partial charge in [0.25, 0.3) is 0 Å². The molecule has 0 amide bonds. The quantitative estimate of drug-likeness (QED) is 0.176. The highest BCUT2D eigenvalue weighted by Crippen LogP contribution is 2.41. The fraction of sp³-hybridized carbons (Fsp3) is 0.0244. The molecule has 5 heteroatoms. The second-order valence-corrected chi connectivity index (χ2v) is 12.1. The third-order valence-corrected chi connectivity index (χ3v) is 9.44. The third-order valence-electron chi connectivity index (χ3n) is 8.29. The van der Waals surface area contributed by atoms with Gasteiger partial charge in [0.2, 0.25) is 0 Å². The summed E-state index contributed by atoms with van der Waals surface area (Å²) < 4.78 is 1.17. The highest BCUT2D eigenvalue weighted by Gasteiger charge is 2.20. The van der Waals surface area contributed by atoms with E-state index >= 15 is 0 Å². The number of thiophene rings is 1. The zero-order chi connectivity index (χ0) is 31.0. The number of hydrogen-bond donors (Lipinski definition) is 0. The molecule has 0 aliphatic rings. The van der Waals surface area contributed by atoms with Crippen LogP contribution in [0.2, 0.25) is 0 Å². The maximum atomic E-state index is 5.13. The first kappa shape index (κ1) is 27.7. The van der Waals surface area contributed by atoms with Crippen LogP contribution in [0.25, 0.3) is 77.4 Å². The average molecular weight is 609 g/mol. The SMILES string of the molecule is C=Cc1sc2cc(-c3ccc4ccc5cccnc5c4n3)ccc2c1/C(=C\C)c1cc(-c2ccccc2)nc(-c2ccccc2)n1. The van der Waals surface area contributed by atoms with Gasteiger partial charge in [-0.05, 0) is 31.2 Å². The second-order valence-electron chi connectivity index (χ2n) is 11.1. The Bertz CT molecular complexity index is 2390. The molecule has 0 fully saturated rings. The lowest BCUT2D eigenvalue weighted by Gasteiger charge is -2.13. The molecule has 0 unspecified atom stereocenters. The van der Waals surface area contributed by atoms with Crippen molar-refractivity contribution in [2.45, 2.75) is 6.92 Å². The number of aromatic nitrogens is 4. The first-order chi connectivity index (χ1) is 22.7. The summed E-state index contributed by atoms with van der Waals surface area (Å²) in [6, 6.07) is 41.6. The Hall–Kier alpha value is -5.78. The average Bonchev–Trinajstić information content (AvgIpc) is 3.50. The Kier molecular flexibility index (Phi) is 7.01. The molecule has 4 aromatic carbocycles. The molecular formula is C41H28N4S. The van der Waals surface area contributed by atoms with Crippen LogP contribution in [0, 0.1) is 0 Å². The Morgan fingerprint density at radius 1 is 0.652 bits per heavy atom. The molecule has 4 heterocycles. The number of fused-ring (bicyclic) bond motifs is 4. The van der Waals surface area contributed by atoms with Crippen LogP contribution >= 0.6 is 11.3 Å².